The van der Waals surface area contributed by atoms with E-state index in [1.807, 2.05) is 0 Å². The molecule has 0 aromatic rings. The van der Waals surface area contributed by atoms with E-state index in [1.165, 1.54) is 25.7 Å². The van der Waals surface area contributed by atoms with Crippen molar-refractivity contribution in [3.63, 3.8) is 0 Å². The average molecular weight is 269 g/mol. The van der Waals surface area contributed by atoms with Crippen molar-refractivity contribution in [2.45, 2.75) is 70.9 Å². The number of carbonyl (C=O) groups excluding carboxylic acids is 1. The number of hydrogen-bond acceptors (Lipinski definition) is 3. The molecule has 1 saturated carbocycles. The topological polar surface area (TPSA) is 58.4 Å². The molecule has 0 unspecified atom stereocenters. The third kappa shape index (κ3) is 5.91. The van der Waals surface area contributed by atoms with E-state index in [2.05, 4.69) is 31.0 Å². The van der Waals surface area contributed by atoms with Crippen LogP contribution in [0.1, 0.15) is 59.3 Å². The Bertz CT molecular complexity index is 273. The summed E-state index contributed by atoms with van der Waals surface area (Å²) < 4.78 is 0. The summed E-state index contributed by atoms with van der Waals surface area (Å²) in [6, 6.07) is 0.585. The first kappa shape index (κ1) is 16.4. The van der Waals surface area contributed by atoms with Crippen LogP contribution in [0.15, 0.2) is 0 Å². The molecule has 1 aliphatic rings. The van der Waals surface area contributed by atoms with Crippen molar-refractivity contribution in [1.82, 2.24) is 10.2 Å². The highest BCUT2D eigenvalue weighted by molar-refractivity contribution is 5.78. The molecule has 0 radical (unpaired) electrons. The van der Waals surface area contributed by atoms with Crippen LogP contribution >= 0.6 is 0 Å². The van der Waals surface area contributed by atoms with Gasteiger partial charge in [-0.2, -0.15) is 0 Å². The van der Waals surface area contributed by atoms with Gasteiger partial charge in [-0.05, 0) is 46.1 Å². The van der Waals surface area contributed by atoms with Gasteiger partial charge < -0.3 is 11.1 Å². The molecule has 0 saturated heterocycles. The molecule has 0 aliphatic heterocycles. The number of amides is 1. The Morgan fingerprint density at radius 3 is 2.53 bits per heavy atom. The lowest BCUT2D eigenvalue weighted by Crippen LogP contribution is -2.49. The average Bonchev–Trinajstić information content (AvgIpc) is 2.87. The van der Waals surface area contributed by atoms with Crippen LogP contribution in [0.5, 0.6) is 0 Å². The van der Waals surface area contributed by atoms with Gasteiger partial charge in [0, 0.05) is 18.1 Å². The minimum atomic E-state index is -0.105. The number of rotatable bonds is 8. The summed E-state index contributed by atoms with van der Waals surface area (Å²) in [5.41, 5.74) is 5.50. The molecule has 0 aromatic carbocycles. The number of nitrogens with zero attached hydrogens (tertiary/aromatic N) is 1. The second-order valence-corrected chi connectivity index (χ2v) is 6.34. The summed E-state index contributed by atoms with van der Waals surface area (Å²) >= 11 is 0. The second-order valence-electron chi connectivity index (χ2n) is 6.34. The maximum absolute atomic E-state index is 12.2. The lowest BCUT2D eigenvalue weighted by atomic mass is 10.0. The van der Waals surface area contributed by atoms with E-state index in [9.17, 15) is 4.79 Å². The smallest absolute Gasteiger partial charge is 0.234 e. The normalized spacial score (nSPS) is 17.1. The van der Waals surface area contributed by atoms with E-state index in [0.717, 1.165) is 19.4 Å². The third-order valence-corrected chi connectivity index (χ3v) is 4.20. The van der Waals surface area contributed by atoms with Gasteiger partial charge in [0.05, 0.1) is 6.54 Å². The van der Waals surface area contributed by atoms with Crippen LogP contribution in [0, 0.1) is 0 Å². The minimum absolute atomic E-state index is 0.105. The summed E-state index contributed by atoms with van der Waals surface area (Å²) in [7, 11) is 0. The summed E-state index contributed by atoms with van der Waals surface area (Å²) in [4.78, 5) is 14.5. The van der Waals surface area contributed by atoms with Gasteiger partial charge in [0.1, 0.15) is 0 Å². The Morgan fingerprint density at radius 1 is 1.37 bits per heavy atom. The lowest BCUT2D eigenvalue weighted by molar-refractivity contribution is -0.124. The van der Waals surface area contributed by atoms with Crippen molar-refractivity contribution in [1.29, 1.82) is 0 Å². The molecule has 0 atom stereocenters. The third-order valence-electron chi connectivity index (χ3n) is 4.20. The standard InChI is InChI=1S/C15H31N3O/c1-4-15(2,3)17-14(19)12-18(11-7-10-16)13-8-5-6-9-13/h13H,4-12,16H2,1-3H3,(H,17,19). The molecule has 4 heteroatoms. The highest BCUT2D eigenvalue weighted by Gasteiger charge is 2.25. The monoisotopic (exact) mass is 269 g/mol. The van der Waals surface area contributed by atoms with Gasteiger partial charge in [-0.15, -0.1) is 0 Å². The minimum Gasteiger partial charge on any atom is -0.350 e. The molecule has 0 spiro atoms. The van der Waals surface area contributed by atoms with E-state index >= 15 is 0 Å². The molecule has 1 amide bonds. The maximum atomic E-state index is 12.2. The zero-order chi connectivity index (χ0) is 14.3. The number of carbonyl (C=O) groups is 1. The first-order valence-electron chi connectivity index (χ1n) is 7.73. The van der Waals surface area contributed by atoms with Crippen molar-refractivity contribution in [2.75, 3.05) is 19.6 Å². The Balaban J connectivity index is 2.48. The van der Waals surface area contributed by atoms with Crippen molar-refractivity contribution in [3.8, 4) is 0 Å². The zero-order valence-electron chi connectivity index (χ0n) is 12.9. The molecule has 4 nitrogen and oxygen atoms in total. The summed E-state index contributed by atoms with van der Waals surface area (Å²) in [5, 5.41) is 3.12. The molecule has 0 aromatic heterocycles. The van der Waals surface area contributed by atoms with Gasteiger partial charge >= 0.3 is 0 Å². The molecule has 0 heterocycles. The maximum Gasteiger partial charge on any atom is 0.234 e. The molecule has 0 bridgehead atoms. The predicted octanol–water partition coefficient (Wildman–Crippen LogP) is 1.88. The molecule has 112 valence electrons. The van der Waals surface area contributed by atoms with Crippen LogP contribution in [0.3, 0.4) is 0 Å². The van der Waals surface area contributed by atoms with Gasteiger partial charge in [0.25, 0.3) is 0 Å². The molecular formula is C15H31N3O. The second kappa shape index (κ2) is 7.85. The molecule has 19 heavy (non-hydrogen) atoms. The van der Waals surface area contributed by atoms with Crippen molar-refractivity contribution in [2.24, 2.45) is 5.73 Å². The Kier molecular flexibility index (Phi) is 6.80. The van der Waals surface area contributed by atoms with Gasteiger partial charge in [0.2, 0.25) is 5.91 Å². The number of nitrogens with two attached hydrogens (primary N) is 1. The fourth-order valence-corrected chi connectivity index (χ4v) is 2.64. The summed E-state index contributed by atoms with van der Waals surface area (Å²) in [6.07, 6.45) is 6.98. The summed E-state index contributed by atoms with van der Waals surface area (Å²) in [6.45, 7) is 8.42. The van der Waals surface area contributed by atoms with E-state index in [0.29, 0.717) is 19.1 Å². The van der Waals surface area contributed by atoms with Crippen LogP contribution < -0.4 is 11.1 Å². The molecule has 3 N–H and O–H groups in total. The summed E-state index contributed by atoms with van der Waals surface area (Å²) in [5.74, 6) is 0.149. The van der Waals surface area contributed by atoms with Crippen molar-refractivity contribution < 1.29 is 4.79 Å². The van der Waals surface area contributed by atoms with Crippen LogP contribution in [0.2, 0.25) is 0 Å². The van der Waals surface area contributed by atoms with Crippen LogP contribution in [-0.4, -0.2) is 42.0 Å². The highest BCUT2D eigenvalue weighted by atomic mass is 16.2. The van der Waals surface area contributed by atoms with Crippen LogP contribution in [0.4, 0.5) is 0 Å². The van der Waals surface area contributed by atoms with Gasteiger partial charge in [-0.25, -0.2) is 0 Å². The first-order chi connectivity index (χ1) is 8.98. The van der Waals surface area contributed by atoms with Crippen molar-refractivity contribution in [3.05, 3.63) is 0 Å². The SMILES string of the molecule is CCC(C)(C)NC(=O)CN(CCCN)C1CCCC1. The van der Waals surface area contributed by atoms with E-state index in [4.69, 9.17) is 5.73 Å². The first-order valence-corrected chi connectivity index (χ1v) is 7.73. The molecule has 1 aliphatic carbocycles. The van der Waals surface area contributed by atoms with Crippen LogP contribution in [0.25, 0.3) is 0 Å². The predicted molar refractivity (Wildman–Crippen MR) is 80.0 cm³/mol. The fourth-order valence-electron chi connectivity index (χ4n) is 2.64. The molecule has 1 fully saturated rings. The van der Waals surface area contributed by atoms with E-state index in [-0.39, 0.29) is 11.4 Å². The van der Waals surface area contributed by atoms with E-state index < -0.39 is 0 Å². The fraction of sp³-hybridized carbons (Fsp3) is 0.933. The highest BCUT2D eigenvalue weighted by Crippen LogP contribution is 2.23. The zero-order valence-corrected chi connectivity index (χ0v) is 12.9. The van der Waals surface area contributed by atoms with Crippen LogP contribution in [-0.2, 0) is 4.79 Å². The van der Waals surface area contributed by atoms with E-state index in [1.54, 1.807) is 0 Å². The Hall–Kier alpha value is -0.610. The molecular weight excluding hydrogens is 238 g/mol. The van der Waals surface area contributed by atoms with Gasteiger partial charge in [-0.3, -0.25) is 9.69 Å². The largest absolute Gasteiger partial charge is 0.350 e. The number of nitrogens with one attached hydrogen (secondary N) is 1. The van der Waals surface area contributed by atoms with Gasteiger partial charge in [-0.1, -0.05) is 19.8 Å². The molecule has 1 rings (SSSR count). The Morgan fingerprint density at radius 2 is 2.00 bits per heavy atom. The van der Waals surface area contributed by atoms with Gasteiger partial charge in [0.15, 0.2) is 0 Å². The van der Waals surface area contributed by atoms with Crippen molar-refractivity contribution >= 4 is 5.91 Å². The Labute approximate surface area is 118 Å². The lowest BCUT2D eigenvalue weighted by Gasteiger charge is -2.31. The number of hydrogen-bond donors (Lipinski definition) is 2. The quantitative estimate of drug-likeness (QED) is 0.707.